The summed E-state index contributed by atoms with van der Waals surface area (Å²) >= 11 is 0. The molecule has 0 saturated heterocycles. The Morgan fingerprint density at radius 2 is 1.81 bits per heavy atom. The molecule has 0 bridgehead atoms. The van der Waals surface area contributed by atoms with Gasteiger partial charge in [0.15, 0.2) is 0 Å². The highest BCUT2D eigenvalue weighted by Crippen LogP contribution is 2.15. The first-order valence-electron chi connectivity index (χ1n) is 8.79. The van der Waals surface area contributed by atoms with Crippen molar-refractivity contribution in [2.75, 3.05) is 19.0 Å². The normalized spacial score (nSPS) is 11.6. The lowest BCUT2D eigenvalue weighted by atomic mass is 10.0. The van der Waals surface area contributed by atoms with E-state index in [0.717, 1.165) is 0 Å². The van der Waals surface area contributed by atoms with Crippen LogP contribution in [-0.4, -0.2) is 36.6 Å². The van der Waals surface area contributed by atoms with Gasteiger partial charge in [0.25, 0.3) is 5.91 Å². The van der Waals surface area contributed by atoms with Crippen LogP contribution in [0.1, 0.15) is 31.1 Å². The summed E-state index contributed by atoms with van der Waals surface area (Å²) in [5, 5.41) is 5.56. The molecule has 1 aromatic heterocycles. The van der Waals surface area contributed by atoms with Crippen LogP contribution in [0.5, 0.6) is 11.6 Å². The van der Waals surface area contributed by atoms with Gasteiger partial charge in [-0.15, -0.1) is 0 Å². The summed E-state index contributed by atoms with van der Waals surface area (Å²) in [6.07, 6.45) is 1.50. The van der Waals surface area contributed by atoms with Crippen molar-refractivity contribution >= 4 is 17.5 Å². The van der Waals surface area contributed by atoms with Gasteiger partial charge < -0.3 is 20.1 Å². The van der Waals surface area contributed by atoms with Crippen molar-refractivity contribution in [1.82, 2.24) is 10.3 Å². The van der Waals surface area contributed by atoms with E-state index in [9.17, 15) is 9.59 Å². The van der Waals surface area contributed by atoms with E-state index in [2.05, 4.69) is 15.6 Å². The summed E-state index contributed by atoms with van der Waals surface area (Å²) in [6.45, 7) is 6.19. The van der Waals surface area contributed by atoms with Gasteiger partial charge in [-0.3, -0.25) is 9.59 Å². The Labute approximate surface area is 159 Å². The molecule has 1 aromatic carbocycles. The SMILES string of the molecule is CCOc1ccc(C(=O)N[C@H](C(=O)Nc2ccc(OC)nc2)C(C)C)cc1. The highest BCUT2D eigenvalue weighted by molar-refractivity contribution is 6.01. The molecule has 0 unspecified atom stereocenters. The van der Waals surface area contributed by atoms with Crippen LogP contribution in [-0.2, 0) is 4.79 Å². The lowest BCUT2D eigenvalue weighted by molar-refractivity contribution is -0.118. The van der Waals surface area contributed by atoms with Gasteiger partial charge in [0, 0.05) is 11.6 Å². The van der Waals surface area contributed by atoms with Gasteiger partial charge in [-0.05, 0) is 43.2 Å². The monoisotopic (exact) mass is 371 g/mol. The van der Waals surface area contributed by atoms with E-state index in [4.69, 9.17) is 9.47 Å². The second-order valence-corrected chi connectivity index (χ2v) is 6.23. The first-order valence-corrected chi connectivity index (χ1v) is 8.79. The fourth-order valence-electron chi connectivity index (χ4n) is 2.42. The first-order chi connectivity index (χ1) is 12.9. The van der Waals surface area contributed by atoms with E-state index in [1.165, 1.54) is 13.3 Å². The summed E-state index contributed by atoms with van der Waals surface area (Å²) < 4.78 is 10.4. The number of aromatic nitrogens is 1. The molecule has 7 heteroatoms. The van der Waals surface area contributed by atoms with Gasteiger partial charge in [-0.25, -0.2) is 4.98 Å². The van der Waals surface area contributed by atoms with Crippen LogP contribution in [0, 0.1) is 5.92 Å². The summed E-state index contributed by atoms with van der Waals surface area (Å²) in [5.74, 6) is 0.426. The third-order valence-electron chi connectivity index (χ3n) is 3.88. The molecular weight excluding hydrogens is 346 g/mol. The number of methoxy groups -OCH3 is 1. The van der Waals surface area contributed by atoms with Crippen molar-refractivity contribution in [3.05, 3.63) is 48.2 Å². The predicted octanol–water partition coefficient (Wildman–Crippen LogP) is 2.88. The molecule has 2 amide bonds. The number of benzene rings is 1. The molecule has 2 rings (SSSR count). The summed E-state index contributed by atoms with van der Waals surface area (Å²) in [7, 11) is 1.52. The van der Waals surface area contributed by atoms with Gasteiger partial charge in [-0.2, -0.15) is 0 Å². The number of rotatable bonds is 8. The lowest BCUT2D eigenvalue weighted by Gasteiger charge is -2.21. The molecule has 0 aliphatic carbocycles. The van der Waals surface area contributed by atoms with E-state index < -0.39 is 6.04 Å². The topological polar surface area (TPSA) is 89.5 Å². The van der Waals surface area contributed by atoms with Crippen molar-refractivity contribution in [2.45, 2.75) is 26.8 Å². The van der Waals surface area contributed by atoms with Gasteiger partial charge >= 0.3 is 0 Å². The van der Waals surface area contributed by atoms with Crippen LogP contribution in [0.3, 0.4) is 0 Å². The molecule has 0 aliphatic heterocycles. The number of carbonyl (C=O) groups excluding carboxylic acids is 2. The molecule has 27 heavy (non-hydrogen) atoms. The standard InChI is InChI=1S/C20H25N3O4/c1-5-27-16-9-6-14(7-10-16)19(24)23-18(13(2)3)20(25)22-15-8-11-17(26-4)21-12-15/h6-13,18H,5H2,1-4H3,(H,22,25)(H,23,24)/t18-/m0/s1. The fourth-order valence-corrected chi connectivity index (χ4v) is 2.42. The number of pyridine rings is 1. The predicted molar refractivity (Wildman–Crippen MR) is 103 cm³/mol. The highest BCUT2D eigenvalue weighted by Gasteiger charge is 2.25. The van der Waals surface area contributed by atoms with E-state index in [1.54, 1.807) is 36.4 Å². The minimum absolute atomic E-state index is 0.0946. The zero-order chi connectivity index (χ0) is 19.8. The molecule has 0 aliphatic rings. The average Bonchev–Trinajstić information content (AvgIpc) is 2.67. The summed E-state index contributed by atoms with van der Waals surface area (Å²) in [6, 6.07) is 9.45. The second-order valence-electron chi connectivity index (χ2n) is 6.23. The number of nitrogens with zero attached hydrogens (tertiary/aromatic N) is 1. The van der Waals surface area contributed by atoms with Crippen LogP contribution < -0.4 is 20.1 Å². The minimum atomic E-state index is -0.689. The molecule has 1 atom stereocenters. The Balaban J connectivity index is 2.04. The van der Waals surface area contributed by atoms with Crippen molar-refractivity contribution in [3.8, 4) is 11.6 Å². The van der Waals surface area contributed by atoms with Crippen molar-refractivity contribution < 1.29 is 19.1 Å². The minimum Gasteiger partial charge on any atom is -0.494 e. The molecule has 0 fully saturated rings. The van der Waals surface area contributed by atoms with E-state index in [1.807, 2.05) is 20.8 Å². The first kappa shape index (κ1) is 20.2. The third kappa shape index (κ3) is 5.70. The maximum Gasteiger partial charge on any atom is 0.251 e. The van der Waals surface area contributed by atoms with Crippen LogP contribution in [0.2, 0.25) is 0 Å². The van der Waals surface area contributed by atoms with Crippen molar-refractivity contribution in [3.63, 3.8) is 0 Å². The van der Waals surface area contributed by atoms with E-state index in [-0.39, 0.29) is 17.7 Å². The number of ether oxygens (including phenoxy) is 2. The largest absolute Gasteiger partial charge is 0.494 e. The van der Waals surface area contributed by atoms with Crippen LogP contribution >= 0.6 is 0 Å². The number of amides is 2. The molecule has 0 radical (unpaired) electrons. The van der Waals surface area contributed by atoms with Crippen LogP contribution in [0.25, 0.3) is 0 Å². The molecule has 2 aromatic rings. The number of nitrogens with one attached hydrogen (secondary N) is 2. The Bertz CT molecular complexity index is 758. The molecular formula is C20H25N3O4. The summed E-state index contributed by atoms with van der Waals surface area (Å²) in [5.41, 5.74) is 0.991. The van der Waals surface area contributed by atoms with Gasteiger partial charge in [0.2, 0.25) is 11.8 Å². The molecule has 7 nitrogen and oxygen atoms in total. The maximum atomic E-state index is 12.6. The molecule has 1 heterocycles. The van der Waals surface area contributed by atoms with Gasteiger partial charge in [0.05, 0.1) is 25.6 Å². The van der Waals surface area contributed by atoms with Gasteiger partial charge in [-0.1, -0.05) is 13.8 Å². The number of hydrogen-bond donors (Lipinski definition) is 2. The smallest absolute Gasteiger partial charge is 0.251 e. The Morgan fingerprint density at radius 3 is 2.33 bits per heavy atom. The Hall–Kier alpha value is -3.09. The van der Waals surface area contributed by atoms with Crippen LogP contribution in [0.4, 0.5) is 5.69 Å². The average molecular weight is 371 g/mol. The summed E-state index contributed by atoms with van der Waals surface area (Å²) in [4.78, 5) is 29.2. The highest BCUT2D eigenvalue weighted by atomic mass is 16.5. The van der Waals surface area contributed by atoms with E-state index in [0.29, 0.717) is 29.5 Å². The van der Waals surface area contributed by atoms with Crippen LogP contribution in [0.15, 0.2) is 42.6 Å². The lowest BCUT2D eigenvalue weighted by Crippen LogP contribution is -2.47. The van der Waals surface area contributed by atoms with Crippen molar-refractivity contribution in [2.24, 2.45) is 5.92 Å². The molecule has 144 valence electrons. The number of hydrogen-bond acceptors (Lipinski definition) is 5. The number of carbonyl (C=O) groups is 2. The molecule has 0 saturated carbocycles. The zero-order valence-corrected chi connectivity index (χ0v) is 16.0. The van der Waals surface area contributed by atoms with Gasteiger partial charge in [0.1, 0.15) is 11.8 Å². The zero-order valence-electron chi connectivity index (χ0n) is 16.0. The fraction of sp³-hybridized carbons (Fsp3) is 0.350. The Morgan fingerprint density at radius 1 is 1.11 bits per heavy atom. The van der Waals surface area contributed by atoms with E-state index >= 15 is 0 Å². The Kier molecular flexibility index (Phi) is 7.16. The third-order valence-corrected chi connectivity index (χ3v) is 3.88. The quantitative estimate of drug-likeness (QED) is 0.745. The van der Waals surface area contributed by atoms with Crippen molar-refractivity contribution in [1.29, 1.82) is 0 Å². The molecule has 2 N–H and O–H groups in total. The number of anilines is 1. The maximum absolute atomic E-state index is 12.6. The molecule has 0 spiro atoms. The second kappa shape index (κ2) is 9.56.